The van der Waals surface area contributed by atoms with E-state index in [1.165, 1.54) is 0 Å². The summed E-state index contributed by atoms with van der Waals surface area (Å²) in [6.45, 7) is 3.82. The largest absolute Gasteiger partial charge is 0.454 e. The van der Waals surface area contributed by atoms with Crippen LogP contribution in [-0.2, 0) is 6.54 Å². The molecule has 148 valence electrons. The van der Waals surface area contributed by atoms with Crippen LogP contribution >= 0.6 is 0 Å². The second-order valence-corrected chi connectivity index (χ2v) is 7.18. The Morgan fingerprint density at radius 1 is 0.931 bits per heavy atom. The molecule has 1 fully saturated rings. The number of aromatic nitrogens is 1. The molecule has 0 saturated carbocycles. The lowest BCUT2D eigenvalue weighted by Crippen LogP contribution is -2.48. The Bertz CT molecular complexity index is 1010. The van der Waals surface area contributed by atoms with Crippen molar-refractivity contribution in [1.29, 1.82) is 0 Å². The fourth-order valence-corrected chi connectivity index (χ4v) is 3.67. The fourth-order valence-electron chi connectivity index (χ4n) is 3.67. The predicted molar refractivity (Wildman–Crippen MR) is 106 cm³/mol. The van der Waals surface area contributed by atoms with Gasteiger partial charge in [0.05, 0.1) is 6.54 Å². The number of carbonyl (C=O) groups is 1. The molecule has 0 atom stereocenters. The number of nitrogens with zero attached hydrogens (tertiary/aromatic N) is 3. The minimum absolute atomic E-state index is 0.0222. The molecule has 2 aromatic carbocycles. The molecule has 3 aromatic rings. The summed E-state index contributed by atoms with van der Waals surface area (Å²) in [5.41, 5.74) is 2.52. The van der Waals surface area contributed by atoms with E-state index in [9.17, 15) is 4.79 Å². The van der Waals surface area contributed by atoms with Crippen LogP contribution in [0, 0.1) is 0 Å². The number of ether oxygens (including phenoxy) is 2. The number of hydrogen-bond donors (Lipinski definition) is 0. The second kappa shape index (κ2) is 7.60. The van der Waals surface area contributed by atoms with Gasteiger partial charge in [0.25, 0.3) is 5.91 Å². The monoisotopic (exact) mass is 391 g/mol. The minimum atomic E-state index is 0.0222. The van der Waals surface area contributed by atoms with Gasteiger partial charge in [0.2, 0.25) is 6.79 Å². The molecule has 3 heterocycles. The normalized spacial score (nSPS) is 16.2. The predicted octanol–water partition coefficient (Wildman–Crippen LogP) is 3.03. The van der Waals surface area contributed by atoms with Gasteiger partial charge in [-0.15, -0.1) is 0 Å². The number of rotatable bonds is 4. The maximum absolute atomic E-state index is 12.8. The molecule has 1 saturated heterocycles. The molecule has 1 amide bonds. The van der Waals surface area contributed by atoms with Gasteiger partial charge >= 0.3 is 0 Å². The first-order valence-electron chi connectivity index (χ1n) is 9.68. The lowest BCUT2D eigenvalue weighted by Gasteiger charge is -2.34. The molecule has 2 aliphatic rings. The van der Waals surface area contributed by atoms with Gasteiger partial charge in [0.1, 0.15) is 5.69 Å². The van der Waals surface area contributed by atoms with E-state index in [1.54, 1.807) is 18.2 Å². The molecular weight excluding hydrogens is 370 g/mol. The van der Waals surface area contributed by atoms with Crippen LogP contribution in [0.25, 0.3) is 11.3 Å². The third-order valence-corrected chi connectivity index (χ3v) is 5.29. The number of benzene rings is 2. The highest BCUT2D eigenvalue weighted by Crippen LogP contribution is 2.33. The van der Waals surface area contributed by atoms with Crippen molar-refractivity contribution in [3.8, 4) is 22.8 Å². The van der Waals surface area contributed by atoms with Crippen molar-refractivity contribution in [2.24, 2.45) is 0 Å². The van der Waals surface area contributed by atoms with Crippen LogP contribution in [0.5, 0.6) is 11.5 Å². The summed E-state index contributed by atoms with van der Waals surface area (Å²) < 4.78 is 16.2. The number of carbonyl (C=O) groups excluding carboxylic acids is 1. The molecule has 7 nitrogen and oxygen atoms in total. The number of piperazine rings is 1. The van der Waals surface area contributed by atoms with Crippen LogP contribution in [0.1, 0.15) is 16.1 Å². The maximum atomic E-state index is 12.8. The van der Waals surface area contributed by atoms with Crippen molar-refractivity contribution in [2.45, 2.75) is 6.54 Å². The van der Waals surface area contributed by atoms with Gasteiger partial charge in [-0.3, -0.25) is 9.69 Å². The van der Waals surface area contributed by atoms with Crippen molar-refractivity contribution in [1.82, 2.24) is 15.0 Å². The molecular formula is C22H21N3O4. The van der Waals surface area contributed by atoms with Crippen LogP contribution in [0.3, 0.4) is 0 Å². The van der Waals surface area contributed by atoms with E-state index >= 15 is 0 Å². The summed E-state index contributed by atoms with van der Waals surface area (Å²) >= 11 is 0. The quantitative estimate of drug-likeness (QED) is 0.681. The molecule has 0 bridgehead atoms. The molecule has 0 unspecified atom stereocenters. The van der Waals surface area contributed by atoms with E-state index in [2.05, 4.69) is 10.1 Å². The highest BCUT2D eigenvalue weighted by atomic mass is 16.7. The van der Waals surface area contributed by atoms with E-state index in [0.717, 1.165) is 30.1 Å². The van der Waals surface area contributed by atoms with E-state index in [1.807, 2.05) is 41.3 Å². The van der Waals surface area contributed by atoms with Crippen molar-refractivity contribution < 1.29 is 18.8 Å². The lowest BCUT2D eigenvalue weighted by molar-refractivity contribution is 0.0617. The van der Waals surface area contributed by atoms with Gasteiger partial charge in [-0.25, -0.2) is 0 Å². The van der Waals surface area contributed by atoms with Crippen molar-refractivity contribution in [3.05, 3.63) is 65.9 Å². The van der Waals surface area contributed by atoms with Crippen molar-refractivity contribution in [2.75, 3.05) is 33.0 Å². The highest BCUT2D eigenvalue weighted by Gasteiger charge is 2.24. The molecule has 1 aromatic heterocycles. The summed E-state index contributed by atoms with van der Waals surface area (Å²) in [6, 6.07) is 17.3. The van der Waals surface area contributed by atoms with E-state index in [-0.39, 0.29) is 12.7 Å². The van der Waals surface area contributed by atoms with Crippen molar-refractivity contribution >= 4 is 5.91 Å². The van der Waals surface area contributed by atoms with Gasteiger partial charge in [-0.05, 0) is 18.2 Å². The molecule has 7 heteroatoms. The highest BCUT2D eigenvalue weighted by molar-refractivity contribution is 5.95. The van der Waals surface area contributed by atoms with E-state index in [0.29, 0.717) is 36.7 Å². The molecule has 0 N–H and O–H groups in total. The molecule has 0 radical (unpaired) electrons. The van der Waals surface area contributed by atoms with Gasteiger partial charge in [-0.2, -0.15) is 0 Å². The Kier molecular flexibility index (Phi) is 4.65. The van der Waals surface area contributed by atoms with E-state index < -0.39 is 0 Å². The topological polar surface area (TPSA) is 68.0 Å². The third-order valence-electron chi connectivity index (χ3n) is 5.29. The summed E-state index contributed by atoms with van der Waals surface area (Å²) in [6.07, 6.45) is 0. The molecule has 0 aliphatic carbocycles. The summed E-state index contributed by atoms with van der Waals surface area (Å²) in [4.78, 5) is 17.0. The van der Waals surface area contributed by atoms with Crippen molar-refractivity contribution in [3.63, 3.8) is 0 Å². The maximum Gasteiger partial charge on any atom is 0.254 e. The Morgan fingerprint density at radius 3 is 2.55 bits per heavy atom. The number of hydrogen-bond acceptors (Lipinski definition) is 6. The van der Waals surface area contributed by atoms with Gasteiger partial charge in [-0.1, -0.05) is 35.5 Å². The summed E-state index contributed by atoms with van der Waals surface area (Å²) in [5.74, 6) is 2.18. The van der Waals surface area contributed by atoms with Crippen LogP contribution in [0.2, 0.25) is 0 Å². The van der Waals surface area contributed by atoms with E-state index in [4.69, 9.17) is 14.0 Å². The zero-order chi connectivity index (χ0) is 19.6. The van der Waals surface area contributed by atoms with Crippen LogP contribution < -0.4 is 9.47 Å². The first-order valence-corrected chi connectivity index (χ1v) is 9.68. The molecule has 5 rings (SSSR count). The Labute approximate surface area is 168 Å². The SMILES string of the molecule is O=C(c1ccc2c(c1)OCO2)N1CCN(Cc2cc(-c3ccccc3)no2)CC1. The zero-order valence-electron chi connectivity index (χ0n) is 15.9. The minimum Gasteiger partial charge on any atom is -0.454 e. The second-order valence-electron chi connectivity index (χ2n) is 7.18. The first-order chi connectivity index (χ1) is 14.3. The Morgan fingerprint density at radius 2 is 1.72 bits per heavy atom. The Hall–Kier alpha value is -3.32. The summed E-state index contributed by atoms with van der Waals surface area (Å²) in [7, 11) is 0. The standard InChI is InChI=1S/C22H21N3O4/c26-22(17-6-7-20-21(12-17)28-15-27-20)25-10-8-24(9-11-25)14-18-13-19(23-29-18)16-4-2-1-3-5-16/h1-7,12-13H,8-11,14-15H2. The average molecular weight is 391 g/mol. The fraction of sp³-hybridized carbons (Fsp3) is 0.273. The number of fused-ring (bicyclic) bond motifs is 1. The molecule has 2 aliphatic heterocycles. The lowest BCUT2D eigenvalue weighted by atomic mass is 10.1. The Balaban J connectivity index is 1.18. The van der Waals surface area contributed by atoms with Crippen LogP contribution in [0.15, 0.2) is 59.1 Å². The first kappa shape index (κ1) is 17.8. The van der Waals surface area contributed by atoms with Crippen LogP contribution in [-0.4, -0.2) is 53.8 Å². The van der Waals surface area contributed by atoms with Gasteiger partial charge in [0, 0.05) is 43.4 Å². The van der Waals surface area contributed by atoms with Gasteiger partial charge < -0.3 is 18.9 Å². The molecule has 29 heavy (non-hydrogen) atoms. The van der Waals surface area contributed by atoms with Crippen LogP contribution in [0.4, 0.5) is 0 Å². The van der Waals surface area contributed by atoms with Gasteiger partial charge in [0.15, 0.2) is 17.3 Å². The average Bonchev–Trinajstić information content (AvgIpc) is 3.43. The zero-order valence-corrected chi connectivity index (χ0v) is 15.9. The smallest absolute Gasteiger partial charge is 0.254 e. The molecule has 0 spiro atoms. The summed E-state index contributed by atoms with van der Waals surface area (Å²) in [5, 5.41) is 4.18. The third kappa shape index (κ3) is 3.69. The number of amides is 1.